The normalized spacial score (nSPS) is 10.1. The Morgan fingerprint density at radius 3 is 2.85 bits per heavy atom. The van der Waals surface area contributed by atoms with Gasteiger partial charge in [0.25, 0.3) is 5.69 Å². The molecule has 0 bridgehead atoms. The Morgan fingerprint density at radius 2 is 2.20 bits per heavy atom. The second-order valence-corrected chi connectivity index (χ2v) is 3.97. The summed E-state index contributed by atoms with van der Waals surface area (Å²) in [6.07, 6.45) is 1.57. The van der Waals surface area contributed by atoms with Crippen LogP contribution in [0.5, 0.6) is 5.88 Å². The molecular weight excluding hydrogens is 260 g/mol. The fourth-order valence-electron chi connectivity index (χ4n) is 1.72. The number of hydrogen-bond donors (Lipinski definition) is 1. The van der Waals surface area contributed by atoms with Gasteiger partial charge in [0.05, 0.1) is 23.8 Å². The van der Waals surface area contributed by atoms with Crippen molar-refractivity contribution in [2.24, 2.45) is 0 Å². The van der Waals surface area contributed by atoms with E-state index in [0.29, 0.717) is 29.5 Å². The first-order valence-corrected chi connectivity index (χ1v) is 6.04. The van der Waals surface area contributed by atoms with Crippen LogP contribution < -0.4 is 10.1 Å². The summed E-state index contributed by atoms with van der Waals surface area (Å²) >= 11 is 0. The van der Waals surface area contributed by atoms with Crippen molar-refractivity contribution in [3.05, 3.63) is 40.6 Å². The van der Waals surface area contributed by atoms with E-state index < -0.39 is 4.92 Å². The molecule has 7 heteroatoms. The van der Waals surface area contributed by atoms with Crippen LogP contribution in [0.1, 0.15) is 6.92 Å². The van der Waals surface area contributed by atoms with E-state index in [4.69, 9.17) is 4.74 Å². The Morgan fingerprint density at radius 1 is 1.40 bits per heavy atom. The molecule has 2 aromatic rings. The summed E-state index contributed by atoms with van der Waals surface area (Å²) in [4.78, 5) is 18.9. The van der Waals surface area contributed by atoms with Gasteiger partial charge in [-0.05, 0) is 13.0 Å². The second-order valence-electron chi connectivity index (χ2n) is 3.97. The first-order chi connectivity index (χ1) is 9.63. The van der Waals surface area contributed by atoms with Gasteiger partial charge in [-0.3, -0.25) is 10.1 Å². The fraction of sp³-hybridized carbons (Fsp3) is 0.231. The third-order valence-electron chi connectivity index (χ3n) is 2.62. The van der Waals surface area contributed by atoms with Crippen LogP contribution in [0.3, 0.4) is 0 Å². The van der Waals surface area contributed by atoms with Crippen LogP contribution in [-0.2, 0) is 0 Å². The molecule has 0 aliphatic rings. The molecule has 0 radical (unpaired) electrons. The van der Waals surface area contributed by atoms with Gasteiger partial charge in [0, 0.05) is 30.4 Å². The molecule has 0 fully saturated rings. The minimum absolute atomic E-state index is 0.0123. The Kier molecular flexibility index (Phi) is 4.09. The van der Waals surface area contributed by atoms with E-state index in [2.05, 4.69) is 15.3 Å². The molecule has 0 aliphatic heterocycles. The average Bonchev–Trinajstić information content (AvgIpc) is 2.47. The lowest BCUT2D eigenvalue weighted by atomic mass is 10.1. The Bertz CT molecular complexity index is 631. The number of anilines is 1. The van der Waals surface area contributed by atoms with Crippen LogP contribution in [0.4, 0.5) is 11.5 Å². The third kappa shape index (κ3) is 3.00. The van der Waals surface area contributed by atoms with E-state index in [9.17, 15) is 10.1 Å². The molecule has 0 spiro atoms. The molecular formula is C13H14N4O3. The van der Waals surface area contributed by atoms with E-state index in [1.807, 2.05) is 6.92 Å². The third-order valence-corrected chi connectivity index (χ3v) is 2.62. The van der Waals surface area contributed by atoms with E-state index >= 15 is 0 Å². The molecule has 0 aliphatic carbocycles. The summed E-state index contributed by atoms with van der Waals surface area (Å²) in [5, 5.41) is 14.0. The standard InChI is InChI=1S/C13H14N4O3/c1-3-14-12-8-10(17(18)19)7-11(16-12)9-4-5-15-13(6-9)20-2/h4-8H,3H2,1-2H3,(H,14,16). The summed E-state index contributed by atoms with van der Waals surface area (Å²) in [5.41, 5.74) is 1.19. The summed E-state index contributed by atoms with van der Waals surface area (Å²) < 4.78 is 5.04. The predicted octanol–water partition coefficient (Wildman–Crippen LogP) is 2.49. The highest BCUT2D eigenvalue weighted by Crippen LogP contribution is 2.26. The van der Waals surface area contributed by atoms with E-state index in [-0.39, 0.29) is 5.69 Å². The number of aromatic nitrogens is 2. The maximum atomic E-state index is 11.0. The number of rotatable bonds is 5. The molecule has 0 aromatic carbocycles. The largest absolute Gasteiger partial charge is 0.481 e. The van der Waals surface area contributed by atoms with Crippen molar-refractivity contribution in [1.82, 2.24) is 9.97 Å². The number of nitrogens with zero attached hydrogens (tertiary/aromatic N) is 3. The smallest absolute Gasteiger partial charge is 0.275 e. The molecule has 0 amide bonds. The zero-order valence-electron chi connectivity index (χ0n) is 11.2. The molecule has 104 valence electrons. The van der Waals surface area contributed by atoms with Gasteiger partial charge in [-0.2, -0.15) is 0 Å². The van der Waals surface area contributed by atoms with Crippen LogP contribution in [0.15, 0.2) is 30.5 Å². The van der Waals surface area contributed by atoms with Crippen molar-refractivity contribution in [2.75, 3.05) is 19.0 Å². The van der Waals surface area contributed by atoms with Gasteiger partial charge in [0.15, 0.2) is 0 Å². The zero-order chi connectivity index (χ0) is 14.5. The number of methoxy groups -OCH3 is 1. The molecule has 2 aromatic heterocycles. The highest BCUT2D eigenvalue weighted by Gasteiger charge is 2.12. The lowest BCUT2D eigenvalue weighted by Crippen LogP contribution is -2.02. The Balaban J connectivity index is 2.51. The van der Waals surface area contributed by atoms with Crippen molar-refractivity contribution in [2.45, 2.75) is 6.92 Å². The highest BCUT2D eigenvalue weighted by molar-refractivity contribution is 5.65. The molecule has 0 unspecified atom stereocenters. The van der Waals surface area contributed by atoms with Crippen LogP contribution in [0.2, 0.25) is 0 Å². The quantitative estimate of drug-likeness (QED) is 0.665. The lowest BCUT2D eigenvalue weighted by Gasteiger charge is -2.07. The monoisotopic (exact) mass is 274 g/mol. The van der Waals surface area contributed by atoms with E-state index in [1.54, 1.807) is 18.3 Å². The van der Waals surface area contributed by atoms with Crippen LogP contribution >= 0.6 is 0 Å². The molecule has 7 nitrogen and oxygen atoms in total. The van der Waals surface area contributed by atoms with Crippen molar-refractivity contribution in [3.8, 4) is 17.1 Å². The minimum Gasteiger partial charge on any atom is -0.481 e. The Hall–Kier alpha value is -2.70. The van der Waals surface area contributed by atoms with Gasteiger partial charge >= 0.3 is 0 Å². The van der Waals surface area contributed by atoms with Gasteiger partial charge in [-0.15, -0.1) is 0 Å². The summed E-state index contributed by atoms with van der Waals surface area (Å²) in [6, 6.07) is 6.24. The van der Waals surface area contributed by atoms with Crippen molar-refractivity contribution < 1.29 is 9.66 Å². The van der Waals surface area contributed by atoms with E-state index in [1.165, 1.54) is 19.2 Å². The van der Waals surface area contributed by atoms with Crippen molar-refractivity contribution >= 4 is 11.5 Å². The van der Waals surface area contributed by atoms with Gasteiger partial charge in [0.1, 0.15) is 5.82 Å². The molecule has 20 heavy (non-hydrogen) atoms. The van der Waals surface area contributed by atoms with Crippen LogP contribution in [0, 0.1) is 10.1 Å². The van der Waals surface area contributed by atoms with Gasteiger partial charge in [-0.25, -0.2) is 9.97 Å². The van der Waals surface area contributed by atoms with Crippen molar-refractivity contribution in [1.29, 1.82) is 0 Å². The van der Waals surface area contributed by atoms with Gasteiger partial charge in [-0.1, -0.05) is 0 Å². The maximum Gasteiger partial charge on any atom is 0.275 e. The Labute approximate surface area is 115 Å². The molecule has 0 saturated heterocycles. The highest BCUT2D eigenvalue weighted by atomic mass is 16.6. The van der Waals surface area contributed by atoms with E-state index in [0.717, 1.165) is 0 Å². The molecule has 0 saturated carbocycles. The molecule has 2 heterocycles. The van der Waals surface area contributed by atoms with Crippen LogP contribution in [-0.4, -0.2) is 28.5 Å². The maximum absolute atomic E-state index is 11.0. The number of nitro groups is 1. The number of nitrogens with one attached hydrogen (secondary N) is 1. The summed E-state index contributed by atoms with van der Waals surface area (Å²) in [7, 11) is 1.51. The first-order valence-electron chi connectivity index (χ1n) is 6.04. The molecule has 0 atom stereocenters. The second kappa shape index (κ2) is 5.96. The van der Waals surface area contributed by atoms with Gasteiger partial charge < -0.3 is 10.1 Å². The summed E-state index contributed by atoms with van der Waals surface area (Å²) in [5.74, 6) is 0.897. The molecule has 1 N–H and O–H groups in total. The fourth-order valence-corrected chi connectivity index (χ4v) is 1.72. The number of pyridine rings is 2. The SMILES string of the molecule is CCNc1cc([N+](=O)[O-])cc(-c2ccnc(OC)c2)n1. The first kappa shape index (κ1) is 13.7. The van der Waals surface area contributed by atoms with Gasteiger partial charge in [0.2, 0.25) is 5.88 Å². The number of hydrogen-bond acceptors (Lipinski definition) is 6. The minimum atomic E-state index is -0.440. The average molecular weight is 274 g/mol. The number of ether oxygens (including phenoxy) is 1. The summed E-state index contributed by atoms with van der Waals surface area (Å²) in [6.45, 7) is 2.53. The van der Waals surface area contributed by atoms with Crippen LogP contribution in [0.25, 0.3) is 11.3 Å². The predicted molar refractivity (Wildman–Crippen MR) is 74.8 cm³/mol. The topological polar surface area (TPSA) is 90.2 Å². The molecule has 2 rings (SSSR count). The lowest BCUT2D eigenvalue weighted by molar-refractivity contribution is -0.384. The van der Waals surface area contributed by atoms with Crippen molar-refractivity contribution in [3.63, 3.8) is 0 Å². The zero-order valence-corrected chi connectivity index (χ0v) is 11.2.